The quantitative estimate of drug-likeness (QED) is 0.274. The maximum absolute atomic E-state index is 13.5. The molecule has 0 bridgehead atoms. The van der Waals surface area contributed by atoms with E-state index in [1.165, 1.54) is 13.0 Å². The fraction of sp³-hybridized carbons (Fsp3) is 0.0690. The molecule has 0 aliphatic carbocycles. The van der Waals surface area contributed by atoms with Gasteiger partial charge in [0, 0.05) is 12.5 Å². The van der Waals surface area contributed by atoms with Gasteiger partial charge >= 0.3 is 5.97 Å². The number of rotatable bonds is 7. The lowest BCUT2D eigenvalue weighted by Crippen LogP contribution is -2.23. The summed E-state index contributed by atoms with van der Waals surface area (Å²) in [5.74, 6) is -1.34. The molecule has 4 rings (SSSR count). The van der Waals surface area contributed by atoms with Gasteiger partial charge in [0.25, 0.3) is 5.91 Å². The standard InChI is InChI=1S/C29H24N2O4/c1-20(32)35-24-16-10-15-23(19-24)28(33)30-25-17-8-9-18-26(25)31-29(34)27(21-11-4-2-5-12-21)22-13-6-3-7-14-22/h2-19,27H,1H3,(H,30,33)(H,31,34). The summed E-state index contributed by atoms with van der Waals surface area (Å²) in [5.41, 5.74) is 2.96. The summed E-state index contributed by atoms with van der Waals surface area (Å²) in [4.78, 5) is 37.6. The van der Waals surface area contributed by atoms with E-state index in [-0.39, 0.29) is 11.7 Å². The highest BCUT2D eigenvalue weighted by molar-refractivity contribution is 6.08. The third-order valence-electron chi connectivity index (χ3n) is 5.32. The topological polar surface area (TPSA) is 84.5 Å². The van der Waals surface area contributed by atoms with Gasteiger partial charge in [0.1, 0.15) is 5.75 Å². The molecule has 0 spiro atoms. The lowest BCUT2D eigenvalue weighted by molar-refractivity contribution is -0.131. The Hall–Kier alpha value is -4.71. The maximum Gasteiger partial charge on any atom is 0.308 e. The van der Waals surface area contributed by atoms with Crippen LogP contribution in [-0.2, 0) is 9.59 Å². The average Bonchev–Trinajstić information content (AvgIpc) is 2.86. The Morgan fingerprint density at radius 3 is 1.77 bits per heavy atom. The average molecular weight is 465 g/mol. The van der Waals surface area contributed by atoms with Crippen LogP contribution in [0.15, 0.2) is 109 Å². The molecule has 0 aliphatic heterocycles. The summed E-state index contributed by atoms with van der Waals surface area (Å²) in [7, 11) is 0. The summed E-state index contributed by atoms with van der Waals surface area (Å²) >= 11 is 0. The van der Waals surface area contributed by atoms with Crippen molar-refractivity contribution in [1.82, 2.24) is 0 Å². The fourth-order valence-electron chi connectivity index (χ4n) is 3.75. The predicted molar refractivity (Wildman–Crippen MR) is 136 cm³/mol. The van der Waals surface area contributed by atoms with E-state index in [2.05, 4.69) is 10.6 Å². The van der Waals surface area contributed by atoms with Gasteiger partial charge in [0.2, 0.25) is 5.91 Å². The molecule has 6 heteroatoms. The highest BCUT2D eigenvalue weighted by atomic mass is 16.5. The summed E-state index contributed by atoms with van der Waals surface area (Å²) in [5, 5.41) is 5.82. The van der Waals surface area contributed by atoms with Crippen LogP contribution in [0.5, 0.6) is 5.75 Å². The van der Waals surface area contributed by atoms with Gasteiger partial charge in [-0.1, -0.05) is 78.9 Å². The molecule has 0 saturated carbocycles. The van der Waals surface area contributed by atoms with Crippen LogP contribution in [-0.4, -0.2) is 17.8 Å². The SMILES string of the molecule is CC(=O)Oc1cccc(C(=O)Nc2ccccc2NC(=O)C(c2ccccc2)c2ccccc2)c1. The molecule has 0 aromatic heterocycles. The summed E-state index contributed by atoms with van der Waals surface area (Å²) < 4.78 is 5.07. The van der Waals surface area contributed by atoms with Gasteiger partial charge in [0.05, 0.1) is 17.3 Å². The smallest absolute Gasteiger partial charge is 0.308 e. The zero-order valence-corrected chi connectivity index (χ0v) is 19.1. The molecular weight excluding hydrogens is 440 g/mol. The molecule has 0 saturated heterocycles. The molecule has 0 unspecified atom stereocenters. The molecule has 0 radical (unpaired) electrons. The molecule has 0 atom stereocenters. The number of anilines is 2. The van der Waals surface area contributed by atoms with Gasteiger partial charge in [-0.3, -0.25) is 14.4 Å². The molecule has 2 amide bonds. The molecule has 174 valence electrons. The van der Waals surface area contributed by atoms with Crippen LogP contribution < -0.4 is 15.4 Å². The van der Waals surface area contributed by atoms with Crippen molar-refractivity contribution < 1.29 is 19.1 Å². The van der Waals surface area contributed by atoms with Crippen molar-refractivity contribution >= 4 is 29.2 Å². The highest BCUT2D eigenvalue weighted by Gasteiger charge is 2.23. The van der Waals surface area contributed by atoms with Crippen LogP contribution in [0.4, 0.5) is 11.4 Å². The van der Waals surface area contributed by atoms with Gasteiger partial charge in [-0.25, -0.2) is 0 Å². The van der Waals surface area contributed by atoms with E-state index in [1.54, 1.807) is 42.5 Å². The molecule has 0 heterocycles. The van der Waals surface area contributed by atoms with Crippen LogP contribution in [0.3, 0.4) is 0 Å². The number of benzene rings is 4. The number of para-hydroxylation sites is 2. The second kappa shape index (κ2) is 10.9. The molecule has 4 aromatic carbocycles. The van der Waals surface area contributed by atoms with E-state index in [1.807, 2.05) is 60.7 Å². The third kappa shape index (κ3) is 6.00. The lowest BCUT2D eigenvalue weighted by atomic mass is 9.90. The van der Waals surface area contributed by atoms with Crippen LogP contribution in [0.1, 0.15) is 34.3 Å². The molecule has 35 heavy (non-hydrogen) atoms. The Bertz CT molecular complexity index is 1300. The number of esters is 1. The zero-order valence-electron chi connectivity index (χ0n) is 19.1. The van der Waals surface area contributed by atoms with Crippen LogP contribution in [0.2, 0.25) is 0 Å². The molecular formula is C29H24N2O4. The molecule has 6 nitrogen and oxygen atoms in total. The van der Waals surface area contributed by atoms with Crippen LogP contribution in [0, 0.1) is 0 Å². The first-order valence-corrected chi connectivity index (χ1v) is 11.1. The van der Waals surface area contributed by atoms with Gasteiger partial charge in [-0.2, -0.15) is 0 Å². The minimum absolute atomic E-state index is 0.221. The number of ether oxygens (including phenoxy) is 1. The molecule has 4 aromatic rings. The monoisotopic (exact) mass is 464 g/mol. The van der Waals surface area contributed by atoms with Crippen LogP contribution in [0.25, 0.3) is 0 Å². The fourth-order valence-corrected chi connectivity index (χ4v) is 3.75. The van der Waals surface area contributed by atoms with Gasteiger partial charge in [-0.15, -0.1) is 0 Å². The maximum atomic E-state index is 13.5. The Morgan fingerprint density at radius 2 is 1.20 bits per heavy atom. The first kappa shape index (κ1) is 23.4. The number of hydrogen-bond acceptors (Lipinski definition) is 4. The van der Waals surface area contributed by atoms with Crippen molar-refractivity contribution in [3.05, 3.63) is 126 Å². The van der Waals surface area contributed by atoms with Gasteiger partial charge in [0.15, 0.2) is 0 Å². The van der Waals surface area contributed by atoms with Gasteiger partial charge in [-0.05, 0) is 41.5 Å². The Labute approximate surface area is 203 Å². The Morgan fingerprint density at radius 1 is 0.657 bits per heavy atom. The van der Waals surface area contributed by atoms with Gasteiger partial charge < -0.3 is 15.4 Å². The molecule has 0 fully saturated rings. The predicted octanol–water partition coefficient (Wildman–Crippen LogP) is 5.63. The number of carbonyl (C=O) groups excluding carboxylic acids is 3. The van der Waals surface area contributed by atoms with Crippen molar-refractivity contribution in [3.8, 4) is 5.75 Å². The minimum atomic E-state index is -0.526. The van der Waals surface area contributed by atoms with Crippen molar-refractivity contribution in [2.75, 3.05) is 10.6 Å². The van der Waals surface area contributed by atoms with E-state index in [9.17, 15) is 14.4 Å². The zero-order chi connectivity index (χ0) is 24.6. The number of nitrogens with one attached hydrogen (secondary N) is 2. The summed E-state index contributed by atoms with van der Waals surface area (Å²) in [6, 6.07) is 32.4. The normalized spacial score (nSPS) is 10.5. The summed E-state index contributed by atoms with van der Waals surface area (Å²) in [6.45, 7) is 1.30. The second-order valence-corrected chi connectivity index (χ2v) is 7.86. The first-order valence-electron chi connectivity index (χ1n) is 11.1. The second-order valence-electron chi connectivity index (χ2n) is 7.86. The Balaban J connectivity index is 1.57. The van der Waals surface area contributed by atoms with Crippen molar-refractivity contribution in [3.63, 3.8) is 0 Å². The highest BCUT2D eigenvalue weighted by Crippen LogP contribution is 2.29. The van der Waals surface area contributed by atoms with Crippen molar-refractivity contribution in [2.24, 2.45) is 0 Å². The molecule has 2 N–H and O–H groups in total. The van der Waals surface area contributed by atoms with E-state index in [4.69, 9.17) is 4.74 Å². The van der Waals surface area contributed by atoms with Crippen molar-refractivity contribution in [1.29, 1.82) is 0 Å². The Kier molecular flexibility index (Phi) is 7.33. The summed E-state index contributed by atoms with van der Waals surface area (Å²) in [6.07, 6.45) is 0. The molecule has 0 aliphatic rings. The number of carbonyl (C=O) groups is 3. The van der Waals surface area contributed by atoms with E-state index < -0.39 is 17.8 Å². The number of hydrogen-bond donors (Lipinski definition) is 2. The van der Waals surface area contributed by atoms with E-state index >= 15 is 0 Å². The lowest BCUT2D eigenvalue weighted by Gasteiger charge is -2.19. The van der Waals surface area contributed by atoms with Crippen molar-refractivity contribution in [2.45, 2.75) is 12.8 Å². The number of amides is 2. The minimum Gasteiger partial charge on any atom is -0.427 e. The van der Waals surface area contributed by atoms with E-state index in [0.717, 1.165) is 11.1 Å². The third-order valence-corrected chi connectivity index (χ3v) is 5.32. The largest absolute Gasteiger partial charge is 0.427 e. The first-order chi connectivity index (χ1) is 17.0. The van der Waals surface area contributed by atoms with E-state index in [0.29, 0.717) is 16.9 Å². The van der Waals surface area contributed by atoms with Crippen LogP contribution >= 0.6 is 0 Å².